The van der Waals surface area contributed by atoms with Crippen LogP contribution >= 0.6 is 11.6 Å². The van der Waals surface area contributed by atoms with Gasteiger partial charge in [-0.3, -0.25) is 4.79 Å². The highest BCUT2D eigenvalue weighted by Gasteiger charge is 2.07. The van der Waals surface area contributed by atoms with E-state index < -0.39 is 0 Å². The van der Waals surface area contributed by atoms with Crippen LogP contribution in [-0.4, -0.2) is 15.9 Å². The van der Waals surface area contributed by atoms with Crippen LogP contribution in [0.2, 0.25) is 5.02 Å². The molecule has 4 aromatic rings. The van der Waals surface area contributed by atoms with Crippen LogP contribution in [0.3, 0.4) is 0 Å². The highest BCUT2D eigenvalue weighted by molar-refractivity contribution is 6.30. The number of benzene rings is 3. The average Bonchev–Trinajstić information content (AvgIpc) is 2.78. The molecule has 4 N–H and O–H groups in total. The minimum atomic E-state index is -0.233. The highest BCUT2D eigenvalue weighted by Crippen LogP contribution is 2.26. The quantitative estimate of drug-likeness (QED) is 0.369. The van der Waals surface area contributed by atoms with E-state index in [0.29, 0.717) is 23.1 Å². The maximum absolute atomic E-state index is 12.4. The third-order valence-corrected chi connectivity index (χ3v) is 4.87. The van der Waals surface area contributed by atoms with Crippen molar-refractivity contribution >= 4 is 51.7 Å². The zero-order valence-corrected chi connectivity index (χ0v) is 17.3. The molecule has 3 aromatic carbocycles. The summed E-state index contributed by atoms with van der Waals surface area (Å²) < 4.78 is 0. The van der Waals surface area contributed by atoms with Gasteiger partial charge in [0.1, 0.15) is 12.1 Å². The number of anilines is 3. The molecule has 0 aliphatic heterocycles. The summed E-state index contributed by atoms with van der Waals surface area (Å²) in [5.41, 5.74) is 9.78. The standard InChI is InChI=1S/C24H20ClN5O/c25-18-2-1-3-19(12-18)30-24-21-13-20(9-10-22(21)27-15-28-24)29-23(31)11-8-16-4-6-17(14-26)7-5-16/h1-13,15H,14,26H2,(H,29,31)(H,27,28,30). The van der Waals surface area contributed by atoms with Crippen LogP contribution in [0.5, 0.6) is 0 Å². The Morgan fingerprint density at radius 3 is 2.61 bits per heavy atom. The number of fused-ring (bicyclic) bond motifs is 1. The summed E-state index contributed by atoms with van der Waals surface area (Å²) in [5, 5.41) is 7.53. The van der Waals surface area contributed by atoms with E-state index in [0.717, 1.165) is 27.7 Å². The topological polar surface area (TPSA) is 92.9 Å². The molecule has 1 heterocycles. The summed E-state index contributed by atoms with van der Waals surface area (Å²) in [4.78, 5) is 21.0. The van der Waals surface area contributed by atoms with Crippen LogP contribution in [0.1, 0.15) is 11.1 Å². The highest BCUT2D eigenvalue weighted by atomic mass is 35.5. The first-order chi connectivity index (χ1) is 15.1. The number of hydrogen-bond donors (Lipinski definition) is 3. The Labute approximate surface area is 184 Å². The fourth-order valence-electron chi connectivity index (χ4n) is 3.06. The molecular weight excluding hydrogens is 410 g/mol. The Bertz CT molecular complexity index is 1250. The predicted molar refractivity (Wildman–Crippen MR) is 126 cm³/mol. The monoisotopic (exact) mass is 429 g/mol. The van der Waals surface area contributed by atoms with Gasteiger partial charge in [0.05, 0.1) is 5.52 Å². The summed E-state index contributed by atoms with van der Waals surface area (Å²) in [5.74, 6) is 0.391. The van der Waals surface area contributed by atoms with E-state index in [2.05, 4.69) is 20.6 Å². The van der Waals surface area contributed by atoms with Gasteiger partial charge in [0, 0.05) is 34.4 Å². The van der Waals surface area contributed by atoms with E-state index in [4.69, 9.17) is 17.3 Å². The van der Waals surface area contributed by atoms with E-state index in [1.807, 2.05) is 54.6 Å². The maximum Gasteiger partial charge on any atom is 0.248 e. The van der Waals surface area contributed by atoms with Gasteiger partial charge in [-0.25, -0.2) is 9.97 Å². The number of aromatic nitrogens is 2. The smallest absolute Gasteiger partial charge is 0.248 e. The third-order valence-electron chi connectivity index (χ3n) is 4.63. The molecule has 1 aromatic heterocycles. The van der Waals surface area contributed by atoms with Crippen LogP contribution in [0.4, 0.5) is 17.2 Å². The molecule has 0 atom stereocenters. The second kappa shape index (κ2) is 9.38. The number of carbonyl (C=O) groups excluding carboxylic acids is 1. The van der Waals surface area contributed by atoms with Crippen LogP contribution in [0.25, 0.3) is 17.0 Å². The van der Waals surface area contributed by atoms with E-state index in [-0.39, 0.29) is 5.91 Å². The third kappa shape index (κ3) is 5.25. The number of carbonyl (C=O) groups is 1. The fourth-order valence-corrected chi connectivity index (χ4v) is 3.25. The van der Waals surface area contributed by atoms with Crippen LogP contribution in [0, 0.1) is 0 Å². The number of rotatable bonds is 6. The molecule has 1 amide bonds. The lowest BCUT2D eigenvalue weighted by Gasteiger charge is -2.10. The first-order valence-corrected chi connectivity index (χ1v) is 10.0. The van der Waals surface area contributed by atoms with Gasteiger partial charge in [-0.2, -0.15) is 0 Å². The van der Waals surface area contributed by atoms with Crippen LogP contribution < -0.4 is 16.4 Å². The van der Waals surface area contributed by atoms with Gasteiger partial charge in [0.15, 0.2) is 0 Å². The molecular formula is C24H20ClN5O. The number of nitrogens with two attached hydrogens (primary N) is 1. The Hall–Kier alpha value is -3.74. The summed E-state index contributed by atoms with van der Waals surface area (Å²) in [6, 6.07) is 20.6. The van der Waals surface area contributed by atoms with Crippen molar-refractivity contribution in [3.05, 3.63) is 95.3 Å². The van der Waals surface area contributed by atoms with E-state index in [9.17, 15) is 4.79 Å². The number of amides is 1. The van der Waals surface area contributed by atoms with Gasteiger partial charge in [-0.15, -0.1) is 0 Å². The van der Waals surface area contributed by atoms with Crippen LogP contribution in [0.15, 0.2) is 79.1 Å². The molecule has 7 heteroatoms. The second-order valence-corrected chi connectivity index (χ2v) is 7.29. The Kier molecular flexibility index (Phi) is 6.21. The minimum Gasteiger partial charge on any atom is -0.340 e. The largest absolute Gasteiger partial charge is 0.340 e. The first-order valence-electron chi connectivity index (χ1n) is 9.66. The number of nitrogens with zero attached hydrogens (tertiary/aromatic N) is 2. The average molecular weight is 430 g/mol. The molecule has 6 nitrogen and oxygen atoms in total. The molecule has 0 bridgehead atoms. The fraction of sp³-hybridized carbons (Fsp3) is 0.0417. The lowest BCUT2D eigenvalue weighted by Crippen LogP contribution is -2.08. The normalized spacial score (nSPS) is 11.0. The van der Waals surface area contributed by atoms with Crippen molar-refractivity contribution < 1.29 is 4.79 Å². The molecule has 31 heavy (non-hydrogen) atoms. The van der Waals surface area contributed by atoms with E-state index in [1.54, 1.807) is 18.2 Å². The Morgan fingerprint density at radius 2 is 1.84 bits per heavy atom. The predicted octanol–water partition coefficient (Wildman–Crippen LogP) is 5.14. The lowest BCUT2D eigenvalue weighted by atomic mass is 10.1. The van der Waals surface area contributed by atoms with E-state index in [1.165, 1.54) is 12.4 Å². The van der Waals surface area contributed by atoms with Crippen molar-refractivity contribution in [3.8, 4) is 0 Å². The minimum absolute atomic E-state index is 0.233. The van der Waals surface area contributed by atoms with Crippen molar-refractivity contribution in [2.75, 3.05) is 10.6 Å². The molecule has 0 fully saturated rings. The lowest BCUT2D eigenvalue weighted by molar-refractivity contribution is -0.111. The van der Waals surface area contributed by atoms with Crippen molar-refractivity contribution in [1.82, 2.24) is 9.97 Å². The summed E-state index contributed by atoms with van der Waals surface area (Å²) in [7, 11) is 0. The molecule has 0 radical (unpaired) electrons. The van der Waals surface area contributed by atoms with Crippen molar-refractivity contribution in [2.24, 2.45) is 5.73 Å². The first kappa shape index (κ1) is 20.5. The van der Waals surface area contributed by atoms with Crippen LogP contribution in [-0.2, 0) is 11.3 Å². The van der Waals surface area contributed by atoms with Gasteiger partial charge in [-0.05, 0) is 53.6 Å². The van der Waals surface area contributed by atoms with Gasteiger partial charge in [0.25, 0.3) is 0 Å². The molecule has 0 aliphatic rings. The van der Waals surface area contributed by atoms with Crippen molar-refractivity contribution in [3.63, 3.8) is 0 Å². The summed E-state index contributed by atoms with van der Waals surface area (Å²) in [6.45, 7) is 0.490. The van der Waals surface area contributed by atoms with Gasteiger partial charge in [0.2, 0.25) is 5.91 Å². The number of nitrogens with one attached hydrogen (secondary N) is 2. The number of halogens is 1. The SMILES string of the molecule is NCc1ccc(C=CC(=O)Nc2ccc3ncnc(Nc4cccc(Cl)c4)c3c2)cc1. The summed E-state index contributed by atoms with van der Waals surface area (Å²) in [6.07, 6.45) is 4.74. The Balaban J connectivity index is 1.52. The molecule has 0 saturated carbocycles. The molecule has 0 spiro atoms. The zero-order chi connectivity index (χ0) is 21.6. The molecule has 0 aliphatic carbocycles. The maximum atomic E-state index is 12.4. The summed E-state index contributed by atoms with van der Waals surface area (Å²) >= 11 is 6.07. The van der Waals surface area contributed by atoms with Crippen molar-refractivity contribution in [1.29, 1.82) is 0 Å². The second-order valence-electron chi connectivity index (χ2n) is 6.86. The molecule has 154 valence electrons. The van der Waals surface area contributed by atoms with E-state index >= 15 is 0 Å². The molecule has 0 saturated heterocycles. The van der Waals surface area contributed by atoms with Crippen molar-refractivity contribution in [2.45, 2.75) is 6.54 Å². The Morgan fingerprint density at radius 1 is 1.00 bits per heavy atom. The van der Waals surface area contributed by atoms with Gasteiger partial charge < -0.3 is 16.4 Å². The van der Waals surface area contributed by atoms with Gasteiger partial charge in [-0.1, -0.05) is 41.9 Å². The van der Waals surface area contributed by atoms with Gasteiger partial charge >= 0.3 is 0 Å². The number of hydrogen-bond acceptors (Lipinski definition) is 5. The molecule has 4 rings (SSSR count). The zero-order valence-electron chi connectivity index (χ0n) is 16.5. The molecule has 0 unspecified atom stereocenters.